The van der Waals surface area contributed by atoms with Crippen LogP contribution in [0.4, 0.5) is 0 Å². The molecule has 1 heterocycles. The predicted molar refractivity (Wildman–Crippen MR) is 77.9 cm³/mol. The number of hydrogen-bond donors (Lipinski definition) is 1. The highest BCUT2D eigenvalue weighted by Gasteiger charge is 2.17. The highest BCUT2D eigenvalue weighted by Crippen LogP contribution is 2.19. The summed E-state index contributed by atoms with van der Waals surface area (Å²) >= 11 is 1.78. The van der Waals surface area contributed by atoms with Crippen LogP contribution in [0, 0.1) is 5.41 Å². The highest BCUT2D eigenvalue weighted by molar-refractivity contribution is 7.97. The zero-order valence-corrected chi connectivity index (χ0v) is 12.7. The van der Waals surface area contributed by atoms with E-state index in [0.29, 0.717) is 0 Å². The van der Waals surface area contributed by atoms with E-state index in [9.17, 15) is 0 Å². The first-order valence-corrected chi connectivity index (χ1v) is 7.73. The van der Waals surface area contributed by atoms with Crippen LogP contribution in [-0.4, -0.2) is 26.5 Å². The lowest BCUT2D eigenvalue weighted by Gasteiger charge is -2.24. The Kier molecular flexibility index (Phi) is 6.82. The minimum atomic E-state index is 0.255. The van der Waals surface area contributed by atoms with Crippen LogP contribution in [-0.2, 0) is 17.0 Å². The molecule has 0 aromatic carbocycles. The summed E-state index contributed by atoms with van der Waals surface area (Å²) in [5.74, 6) is 3.01. The summed E-state index contributed by atoms with van der Waals surface area (Å²) in [6.07, 6.45) is 3.14. The van der Waals surface area contributed by atoms with Gasteiger partial charge in [0, 0.05) is 20.3 Å². The molecule has 4 heteroatoms. The van der Waals surface area contributed by atoms with E-state index in [0.717, 1.165) is 43.4 Å². The molecule has 3 nitrogen and oxygen atoms in total. The van der Waals surface area contributed by atoms with Gasteiger partial charge in [-0.2, -0.15) is 11.8 Å². The Bertz CT molecular complexity index is 336. The Labute approximate surface area is 115 Å². The van der Waals surface area contributed by atoms with E-state index in [-0.39, 0.29) is 5.41 Å². The van der Waals surface area contributed by atoms with Crippen molar-refractivity contribution in [2.24, 2.45) is 5.41 Å². The van der Waals surface area contributed by atoms with E-state index in [1.807, 2.05) is 0 Å². The highest BCUT2D eigenvalue weighted by atomic mass is 32.2. The van der Waals surface area contributed by atoms with Crippen molar-refractivity contribution >= 4 is 11.8 Å². The van der Waals surface area contributed by atoms with Gasteiger partial charge < -0.3 is 14.5 Å². The smallest absolute Gasteiger partial charge is 0.118 e. The van der Waals surface area contributed by atoms with Crippen LogP contribution in [0.2, 0.25) is 0 Å². The SMILES string of the molecule is COCCC(C)(C)CNCc1ccc(CSC)o1. The van der Waals surface area contributed by atoms with Crippen molar-refractivity contribution in [2.45, 2.75) is 32.6 Å². The van der Waals surface area contributed by atoms with Crippen molar-refractivity contribution in [1.82, 2.24) is 5.32 Å². The first-order chi connectivity index (χ1) is 8.57. The normalized spacial score (nSPS) is 12.0. The van der Waals surface area contributed by atoms with Gasteiger partial charge in [0.1, 0.15) is 11.5 Å². The largest absolute Gasteiger partial charge is 0.464 e. The number of furan rings is 1. The quantitative estimate of drug-likeness (QED) is 0.747. The van der Waals surface area contributed by atoms with Crippen molar-refractivity contribution in [2.75, 3.05) is 26.5 Å². The third-order valence-electron chi connectivity index (χ3n) is 2.89. The summed E-state index contributed by atoms with van der Waals surface area (Å²) in [4.78, 5) is 0. The number of hydrogen-bond acceptors (Lipinski definition) is 4. The fourth-order valence-corrected chi connectivity index (χ4v) is 2.17. The van der Waals surface area contributed by atoms with Gasteiger partial charge in [0.15, 0.2) is 0 Å². The van der Waals surface area contributed by atoms with Gasteiger partial charge in [-0.15, -0.1) is 0 Å². The minimum Gasteiger partial charge on any atom is -0.464 e. The van der Waals surface area contributed by atoms with Crippen LogP contribution < -0.4 is 5.32 Å². The fraction of sp³-hybridized carbons (Fsp3) is 0.714. The lowest BCUT2D eigenvalue weighted by molar-refractivity contribution is 0.150. The molecular weight excluding hydrogens is 246 g/mol. The maximum Gasteiger partial charge on any atom is 0.118 e. The molecule has 0 unspecified atom stereocenters. The van der Waals surface area contributed by atoms with Crippen LogP contribution >= 0.6 is 11.8 Å². The Morgan fingerprint density at radius 3 is 2.72 bits per heavy atom. The average Bonchev–Trinajstić information content (AvgIpc) is 2.75. The van der Waals surface area contributed by atoms with Gasteiger partial charge in [0.05, 0.1) is 12.3 Å². The van der Waals surface area contributed by atoms with Gasteiger partial charge in [-0.1, -0.05) is 13.8 Å². The lowest BCUT2D eigenvalue weighted by atomic mass is 9.90. The molecular formula is C14H25NO2S. The Morgan fingerprint density at radius 1 is 1.33 bits per heavy atom. The molecule has 1 rings (SSSR count). The van der Waals surface area contributed by atoms with Crippen molar-refractivity contribution in [3.05, 3.63) is 23.7 Å². The zero-order chi connectivity index (χ0) is 13.4. The topological polar surface area (TPSA) is 34.4 Å². The van der Waals surface area contributed by atoms with Crippen LogP contribution in [0.25, 0.3) is 0 Å². The van der Waals surface area contributed by atoms with E-state index in [4.69, 9.17) is 9.15 Å². The summed E-state index contributed by atoms with van der Waals surface area (Å²) in [7, 11) is 1.75. The van der Waals surface area contributed by atoms with Gasteiger partial charge >= 0.3 is 0 Å². The molecule has 0 atom stereocenters. The van der Waals surface area contributed by atoms with E-state index in [1.54, 1.807) is 18.9 Å². The standard InChI is InChI=1S/C14H25NO2S/c1-14(2,7-8-16-3)11-15-9-12-5-6-13(17-12)10-18-4/h5-6,15H,7-11H2,1-4H3. The molecule has 18 heavy (non-hydrogen) atoms. The monoisotopic (exact) mass is 271 g/mol. The molecule has 1 aromatic heterocycles. The predicted octanol–water partition coefficient (Wildman–Crippen LogP) is 3.29. The second kappa shape index (κ2) is 7.87. The summed E-state index contributed by atoms with van der Waals surface area (Å²) < 4.78 is 10.8. The van der Waals surface area contributed by atoms with E-state index in [1.165, 1.54) is 0 Å². The van der Waals surface area contributed by atoms with Gasteiger partial charge in [-0.25, -0.2) is 0 Å². The number of thioether (sulfide) groups is 1. The lowest BCUT2D eigenvalue weighted by Crippen LogP contribution is -2.30. The van der Waals surface area contributed by atoms with E-state index < -0.39 is 0 Å². The molecule has 1 N–H and O–H groups in total. The zero-order valence-electron chi connectivity index (χ0n) is 11.9. The molecule has 0 fully saturated rings. The molecule has 0 amide bonds. The molecule has 0 saturated carbocycles. The Balaban J connectivity index is 2.27. The number of methoxy groups -OCH3 is 1. The maximum absolute atomic E-state index is 5.71. The summed E-state index contributed by atoms with van der Waals surface area (Å²) in [5.41, 5.74) is 0.255. The Morgan fingerprint density at radius 2 is 2.06 bits per heavy atom. The van der Waals surface area contributed by atoms with Crippen LogP contribution in [0.1, 0.15) is 31.8 Å². The number of ether oxygens (including phenoxy) is 1. The molecule has 0 saturated heterocycles. The molecule has 1 aromatic rings. The fourth-order valence-electron chi connectivity index (χ4n) is 1.73. The Hall–Kier alpha value is -0.450. The minimum absolute atomic E-state index is 0.255. The first-order valence-electron chi connectivity index (χ1n) is 6.33. The third kappa shape index (κ3) is 5.94. The van der Waals surface area contributed by atoms with Crippen LogP contribution in [0.15, 0.2) is 16.5 Å². The number of rotatable bonds is 9. The molecule has 0 aliphatic heterocycles. The van der Waals surface area contributed by atoms with Crippen molar-refractivity contribution in [3.63, 3.8) is 0 Å². The summed E-state index contributed by atoms with van der Waals surface area (Å²) in [6, 6.07) is 4.12. The van der Waals surface area contributed by atoms with E-state index in [2.05, 4.69) is 37.6 Å². The van der Waals surface area contributed by atoms with Gasteiger partial charge in [0.25, 0.3) is 0 Å². The average molecular weight is 271 g/mol. The van der Waals surface area contributed by atoms with Gasteiger partial charge in [-0.05, 0) is 30.2 Å². The summed E-state index contributed by atoms with van der Waals surface area (Å²) in [5, 5.41) is 3.45. The molecule has 0 bridgehead atoms. The third-order valence-corrected chi connectivity index (χ3v) is 3.46. The van der Waals surface area contributed by atoms with Gasteiger partial charge in [0.2, 0.25) is 0 Å². The van der Waals surface area contributed by atoms with Crippen molar-refractivity contribution < 1.29 is 9.15 Å². The second-order valence-corrected chi connectivity index (χ2v) is 6.18. The molecule has 0 aliphatic rings. The van der Waals surface area contributed by atoms with Crippen LogP contribution in [0.3, 0.4) is 0 Å². The number of nitrogens with one attached hydrogen (secondary N) is 1. The van der Waals surface area contributed by atoms with E-state index >= 15 is 0 Å². The molecule has 0 aliphatic carbocycles. The molecule has 0 spiro atoms. The van der Waals surface area contributed by atoms with Crippen molar-refractivity contribution in [1.29, 1.82) is 0 Å². The first kappa shape index (κ1) is 15.6. The maximum atomic E-state index is 5.71. The second-order valence-electron chi connectivity index (χ2n) is 5.31. The van der Waals surface area contributed by atoms with Crippen LogP contribution in [0.5, 0.6) is 0 Å². The molecule has 0 radical (unpaired) electrons. The summed E-state index contributed by atoms with van der Waals surface area (Å²) in [6.45, 7) is 7.08. The molecule has 104 valence electrons. The van der Waals surface area contributed by atoms with Gasteiger partial charge in [-0.3, -0.25) is 0 Å². The van der Waals surface area contributed by atoms with Crippen molar-refractivity contribution in [3.8, 4) is 0 Å².